The summed E-state index contributed by atoms with van der Waals surface area (Å²) in [5.41, 5.74) is 6.39. The van der Waals surface area contributed by atoms with Gasteiger partial charge in [0.25, 0.3) is 5.91 Å². The van der Waals surface area contributed by atoms with Crippen LogP contribution in [0.4, 0.5) is 5.69 Å². The van der Waals surface area contributed by atoms with Crippen LogP contribution in [0.25, 0.3) is 10.8 Å². The van der Waals surface area contributed by atoms with Crippen molar-refractivity contribution < 1.29 is 14.7 Å². The average Bonchev–Trinajstić information content (AvgIpc) is 2.45. The first-order chi connectivity index (χ1) is 10.0. The SMILES string of the molecule is C#CCC(NC(=O)c1cc2ccccc2cc1N)C(=O)O. The quantitative estimate of drug-likeness (QED) is 0.587. The Morgan fingerprint density at radius 2 is 1.90 bits per heavy atom. The van der Waals surface area contributed by atoms with E-state index >= 15 is 0 Å². The number of rotatable bonds is 4. The van der Waals surface area contributed by atoms with Gasteiger partial charge in [0.1, 0.15) is 6.04 Å². The van der Waals surface area contributed by atoms with E-state index in [1.54, 1.807) is 12.1 Å². The van der Waals surface area contributed by atoms with Crippen molar-refractivity contribution in [3.8, 4) is 12.3 Å². The zero-order chi connectivity index (χ0) is 15.4. The lowest BCUT2D eigenvalue weighted by Crippen LogP contribution is -2.40. The number of nitrogens with two attached hydrogens (primary N) is 1. The van der Waals surface area contributed by atoms with Crippen LogP contribution < -0.4 is 11.1 Å². The summed E-state index contributed by atoms with van der Waals surface area (Å²) >= 11 is 0. The van der Waals surface area contributed by atoms with Crippen molar-refractivity contribution >= 4 is 28.3 Å². The highest BCUT2D eigenvalue weighted by molar-refractivity contribution is 6.05. The number of carboxylic acid groups (broad SMARTS) is 1. The molecule has 1 amide bonds. The Morgan fingerprint density at radius 3 is 2.48 bits per heavy atom. The number of carboxylic acids is 1. The van der Waals surface area contributed by atoms with Crippen LogP contribution in [0.15, 0.2) is 36.4 Å². The van der Waals surface area contributed by atoms with E-state index in [1.165, 1.54) is 0 Å². The van der Waals surface area contributed by atoms with Gasteiger partial charge in [-0.2, -0.15) is 0 Å². The van der Waals surface area contributed by atoms with Gasteiger partial charge >= 0.3 is 5.97 Å². The summed E-state index contributed by atoms with van der Waals surface area (Å²) in [4.78, 5) is 23.2. The molecule has 1 unspecified atom stereocenters. The summed E-state index contributed by atoms with van der Waals surface area (Å²) in [6, 6.07) is 9.63. The van der Waals surface area contributed by atoms with Gasteiger partial charge in [0.2, 0.25) is 0 Å². The number of nitrogen functional groups attached to an aromatic ring is 1. The molecule has 106 valence electrons. The van der Waals surface area contributed by atoms with Gasteiger partial charge in [-0.15, -0.1) is 12.3 Å². The molecule has 0 saturated carbocycles. The summed E-state index contributed by atoms with van der Waals surface area (Å²) in [5.74, 6) is 0.489. The normalized spacial score (nSPS) is 11.6. The Balaban J connectivity index is 2.33. The number of terminal acetylenes is 1. The maximum atomic E-state index is 12.2. The molecule has 0 heterocycles. The van der Waals surface area contributed by atoms with Gasteiger partial charge in [-0.05, 0) is 22.9 Å². The molecule has 0 aliphatic heterocycles. The van der Waals surface area contributed by atoms with Gasteiger partial charge in [-0.25, -0.2) is 4.79 Å². The highest BCUT2D eigenvalue weighted by Crippen LogP contribution is 2.22. The fourth-order valence-electron chi connectivity index (χ4n) is 2.01. The number of hydrogen-bond donors (Lipinski definition) is 3. The Kier molecular flexibility index (Phi) is 4.10. The van der Waals surface area contributed by atoms with Crippen LogP contribution in [0.1, 0.15) is 16.8 Å². The predicted octanol–water partition coefficient (Wildman–Crippen LogP) is 1.63. The fraction of sp³-hybridized carbons (Fsp3) is 0.125. The highest BCUT2D eigenvalue weighted by Gasteiger charge is 2.21. The Morgan fingerprint density at radius 1 is 1.29 bits per heavy atom. The number of anilines is 1. The molecule has 4 N–H and O–H groups in total. The zero-order valence-electron chi connectivity index (χ0n) is 11.2. The molecule has 0 spiro atoms. The van der Waals surface area contributed by atoms with Crippen LogP contribution in [-0.2, 0) is 4.79 Å². The smallest absolute Gasteiger partial charge is 0.327 e. The molecule has 0 aliphatic carbocycles. The van der Waals surface area contributed by atoms with E-state index < -0.39 is 17.9 Å². The Labute approximate surface area is 121 Å². The topological polar surface area (TPSA) is 92.4 Å². The van der Waals surface area contributed by atoms with E-state index in [1.807, 2.05) is 24.3 Å². The van der Waals surface area contributed by atoms with Gasteiger partial charge in [0, 0.05) is 12.1 Å². The molecule has 2 aromatic rings. The number of nitrogens with one attached hydrogen (secondary N) is 1. The largest absolute Gasteiger partial charge is 0.480 e. The lowest BCUT2D eigenvalue weighted by Gasteiger charge is -2.13. The van der Waals surface area contributed by atoms with Crippen LogP contribution in [-0.4, -0.2) is 23.0 Å². The Hall–Kier alpha value is -3.00. The van der Waals surface area contributed by atoms with Crippen molar-refractivity contribution in [2.75, 3.05) is 5.73 Å². The highest BCUT2D eigenvalue weighted by atomic mass is 16.4. The maximum Gasteiger partial charge on any atom is 0.327 e. The van der Waals surface area contributed by atoms with Crippen molar-refractivity contribution in [3.63, 3.8) is 0 Å². The summed E-state index contributed by atoms with van der Waals surface area (Å²) in [6.07, 6.45) is 5.01. The first-order valence-electron chi connectivity index (χ1n) is 6.28. The third-order valence-corrected chi connectivity index (χ3v) is 3.09. The van der Waals surface area contributed by atoms with Gasteiger partial charge < -0.3 is 16.2 Å². The molecule has 2 aromatic carbocycles. The van der Waals surface area contributed by atoms with Gasteiger partial charge in [0.15, 0.2) is 0 Å². The molecule has 0 saturated heterocycles. The monoisotopic (exact) mass is 282 g/mol. The molecule has 1 atom stereocenters. The van der Waals surface area contributed by atoms with Crippen molar-refractivity contribution in [2.45, 2.75) is 12.5 Å². The minimum absolute atomic E-state index is 0.0887. The second-order valence-electron chi connectivity index (χ2n) is 4.56. The number of carbonyl (C=O) groups excluding carboxylic acids is 1. The van der Waals surface area contributed by atoms with Crippen molar-refractivity contribution in [2.24, 2.45) is 0 Å². The number of carbonyl (C=O) groups is 2. The van der Waals surface area contributed by atoms with Crippen LogP contribution in [0, 0.1) is 12.3 Å². The molecule has 0 bridgehead atoms. The molecule has 0 radical (unpaired) electrons. The maximum absolute atomic E-state index is 12.2. The summed E-state index contributed by atoms with van der Waals surface area (Å²) in [6.45, 7) is 0. The second kappa shape index (κ2) is 5.97. The minimum Gasteiger partial charge on any atom is -0.480 e. The summed E-state index contributed by atoms with van der Waals surface area (Å²) < 4.78 is 0. The average molecular weight is 282 g/mol. The van der Waals surface area contributed by atoms with E-state index in [0.717, 1.165) is 10.8 Å². The van der Waals surface area contributed by atoms with Crippen LogP contribution in [0.5, 0.6) is 0 Å². The summed E-state index contributed by atoms with van der Waals surface area (Å²) in [7, 11) is 0. The lowest BCUT2D eigenvalue weighted by atomic mass is 10.0. The number of aliphatic carboxylic acids is 1. The molecule has 2 rings (SSSR count). The van der Waals surface area contributed by atoms with Crippen LogP contribution in [0.2, 0.25) is 0 Å². The van der Waals surface area contributed by atoms with E-state index in [9.17, 15) is 9.59 Å². The minimum atomic E-state index is -1.18. The van der Waals surface area contributed by atoms with Crippen molar-refractivity contribution in [1.82, 2.24) is 5.32 Å². The molecular formula is C16H14N2O3. The molecule has 21 heavy (non-hydrogen) atoms. The van der Waals surface area contributed by atoms with Gasteiger partial charge in [-0.1, -0.05) is 24.3 Å². The molecule has 5 heteroatoms. The van der Waals surface area contributed by atoms with E-state index in [2.05, 4.69) is 11.2 Å². The third-order valence-electron chi connectivity index (χ3n) is 3.09. The first kappa shape index (κ1) is 14.4. The standard InChI is InChI=1S/C16H14N2O3/c1-2-5-14(16(20)21)18-15(19)12-8-10-6-3-4-7-11(10)9-13(12)17/h1,3-4,6-9,14H,5,17H2,(H,18,19)(H,20,21). The van der Waals surface area contributed by atoms with Crippen molar-refractivity contribution in [1.29, 1.82) is 0 Å². The molecule has 5 nitrogen and oxygen atoms in total. The number of fused-ring (bicyclic) bond motifs is 1. The fourth-order valence-corrected chi connectivity index (χ4v) is 2.01. The molecule has 0 aliphatic rings. The van der Waals surface area contributed by atoms with Gasteiger partial charge in [0.05, 0.1) is 5.56 Å². The summed E-state index contributed by atoms with van der Waals surface area (Å²) in [5, 5.41) is 13.1. The number of hydrogen-bond acceptors (Lipinski definition) is 3. The Bertz CT molecular complexity index is 747. The third kappa shape index (κ3) is 3.12. The van der Waals surface area contributed by atoms with Crippen LogP contribution >= 0.6 is 0 Å². The van der Waals surface area contributed by atoms with Crippen LogP contribution in [0.3, 0.4) is 0 Å². The number of benzene rings is 2. The molecule has 0 fully saturated rings. The van der Waals surface area contributed by atoms with Gasteiger partial charge in [-0.3, -0.25) is 4.79 Å². The predicted molar refractivity (Wildman–Crippen MR) is 80.7 cm³/mol. The first-order valence-corrected chi connectivity index (χ1v) is 6.28. The molecular weight excluding hydrogens is 268 g/mol. The van der Waals surface area contributed by atoms with E-state index in [0.29, 0.717) is 0 Å². The van der Waals surface area contributed by atoms with E-state index in [4.69, 9.17) is 17.3 Å². The molecule has 0 aromatic heterocycles. The zero-order valence-corrected chi connectivity index (χ0v) is 11.2. The number of amides is 1. The van der Waals surface area contributed by atoms with Crippen molar-refractivity contribution in [3.05, 3.63) is 42.0 Å². The van der Waals surface area contributed by atoms with E-state index in [-0.39, 0.29) is 17.7 Å². The lowest BCUT2D eigenvalue weighted by molar-refractivity contribution is -0.139. The second-order valence-corrected chi connectivity index (χ2v) is 4.56.